The summed E-state index contributed by atoms with van der Waals surface area (Å²) in [4.78, 5) is 0.0571. The predicted octanol–water partition coefficient (Wildman–Crippen LogP) is 1.32. The number of halogens is 1. The predicted molar refractivity (Wildman–Crippen MR) is 55.9 cm³/mol. The molecule has 1 aliphatic carbocycles. The maximum absolute atomic E-state index is 12.5. The third-order valence-corrected chi connectivity index (χ3v) is 3.50. The Labute approximate surface area is 93.5 Å². The molecular weight excluding hydrogens is 233 g/mol. The van der Waals surface area contributed by atoms with E-state index < -0.39 is 22.3 Å². The standard InChI is InChI=1S/C10H12FNO3S/c1-7-2-4-8(5-3-7)16(13,14)15-12-10-6-9(10)11/h2-5,9-10,12H,6H2,1H3/t9-,10+/m0/s1. The monoisotopic (exact) mass is 245 g/mol. The summed E-state index contributed by atoms with van der Waals surface area (Å²) in [6, 6.07) is 5.75. The van der Waals surface area contributed by atoms with E-state index >= 15 is 0 Å². The second-order valence-corrected chi connectivity index (χ2v) is 5.37. The fourth-order valence-electron chi connectivity index (χ4n) is 1.16. The Morgan fingerprint density at radius 3 is 2.44 bits per heavy atom. The van der Waals surface area contributed by atoms with Gasteiger partial charge in [-0.1, -0.05) is 17.7 Å². The highest BCUT2D eigenvalue weighted by Gasteiger charge is 2.39. The summed E-state index contributed by atoms with van der Waals surface area (Å²) in [5.74, 6) is 0. The Hall–Kier alpha value is -0.980. The summed E-state index contributed by atoms with van der Waals surface area (Å²) in [5.41, 5.74) is 3.15. The van der Waals surface area contributed by atoms with Crippen LogP contribution in [0.5, 0.6) is 0 Å². The van der Waals surface area contributed by atoms with Crippen LogP contribution in [0.3, 0.4) is 0 Å². The first-order valence-electron chi connectivity index (χ1n) is 4.89. The van der Waals surface area contributed by atoms with Gasteiger partial charge in [0.1, 0.15) is 6.17 Å². The molecule has 1 N–H and O–H groups in total. The van der Waals surface area contributed by atoms with Gasteiger partial charge >= 0.3 is 10.1 Å². The molecule has 0 spiro atoms. The second kappa shape index (κ2) is 4.12. The van der Waals surface area contributed by atoms with Gasteiger partial charge in [-0.05, 0) is 19.1 Å². The zero-order valence-electron chi connectivity index (χ0n) is 8.68. The summed E-state index contributed by atoms with van der Waals surface area (Å²) in [7, 11) is -3.83. The maximum atomic E-state index is 12.5. The Kier molecular flexibility index (Phi) is 2.96. The average Bonchev–Trinajstić information content (AvgIpc) is 2.93. The van der Waals surface area contributed by atoms with E-state index in [1.54, 1.807) is 12.1 Å². The van der Waals surface area contributed by atoms with Gasteiger partial charge in [-0.3, -0.25) is 0 Å². The Morgan fingerprint density at radius 1 is 1.38 bits per heavy atom. The van der Waals surface area contributed by atoms with Gasteiger partial charge in [0, 0.05) is 6.42 Å². The molecule has 0 bridgehead atoms. The van der Waals surface area contributed by atoms with Crippen LogP contribution in [-0.4, -0.2) is 20.6 Å². The molecule has 4 nitrogen and oxygen atoms in total. The molecule has 1 aromatic rings. The fraction of sp³-hybridized carbons (Fsp3) is 0.400. The van der Waals surface area contributed by atoms with Crippen LogP contribution in [0.4, 0.5) is 4.39 Å². The molecule has 0 heterocycles. The van der Waals surface area contributed by atoms with E-state index in [1.165, 1.54) is 12.1 Å². The van der Waals surface area contributed by atoms with Crippen LogP contribution in [0, 0.1) is 6.92 Å². The average molecular weight is 245 g/mol. The number of alkyl halides is 1. The lowest BCUT2D eigenvalue weighted by Gasteiger charge is -2.05. The van der Waals surface area contributed by atoms with Crippen molar-refractivity contribution in [3.8, 4) is 0 Å². The first-order chi connectivity index (χ1) is 7.49. The van der Waals surface area contributed by atoms with E-state index in [0.717, 1.165) is 5.56 Å². The quantitative estimate of drug-likeness (QED) is 0.813. The van der Waals surface area contributed by atoms with E-state index in [0.29, 0.717) is 6.42 Å². The van der Waals surface area contributed by atoms with Crippen molar-refractivity contribution < 1.29 is 17.1 Å². The van der Waals surface area contributed by atoms with Crippen molar-refractivity contribution in [2.75, 3.05) is 0 Å². The van der Waals surface area contributed by atoms with Crippen LogP contribution in [0.15, 0.2) is 29.2 Å². The van der Waals surface area contributed by atoms with Crippen molar-refractivity contribution in [3.63, 3.8) is 0 Å². The number of aryl methyl sites for hydroxylation is 1. The summed E-state index contributed by atoms with van der Waals surface area (Å²) >= 11 is 0. The first kappa shape index (κ1) is 11.5. The van der Waals surface area contributed by atoms with Crippen LogP contribution in [-0.2, 0) is 14.4 Å². The van der Waals surface area contributed by atoms with Gasteiger partial charge < -0.3 is 0 Å². The minimum atomic E-state index is -3.83. The highest BCUT2D eigenvalue weighted by atomic mass is 32.2. The van der Waals surface area contributed by atoms with Gasteiger partial charge in [-0.15, -0.1) is 0 Å². The fourth-order valence-corrected chi connectivity index (χ4v) is 1.98. The number of rotatable bonds is 4. The zero-order chi connectivity index (χ0) is 11.8. The molecule has 1 saturated carbocycles. The lowest BCUT2D eigenvalue weighted by Crippen LogP contribution is -2.23. The molecule has 16 heavy (non-hydrogen) atoms. The summed E-state index contributed by atoms with van der Waals surface area (Å²) in [6.45, 7) is 1.85. The topological polar surface area (TPSA) is 55.4 Å². The number of hydrogen-bond acceptors (Lipinski definition) is 4. The van der Waals surface area contributed by atoms with Crippen LogP contribution < -0.4 is 5.48 Å². The number of benzene rings is 1. The molecule has 1 aromatic carbocycles. The molecule has 0 aliphatic heterocycles. The van der Waals surface area contributed by atoms with Gasteiger partial charge in [-0.25, -0.2) is 4.39 Å². The summed E-state index contributed by atoms with van der Waals surface area (Å²) in [6.07, 6.45) is -0.711. The van der Waals surface area contributed by atoms with Crippen molar-refractivity contribution in [1.29, 1.82) is 0 Å². The van der Waals surface area contributed by atoms with Crippen LogP contribution in [0.2, 0.25) is 0 Å². The summed E-state index contributed by atoms with van der Waals surface area (Å²) < 4.78 is 40.2. The molecule has 1 aliphatic rings. The number of hydroxylamine groups is 1. The first-order valence-corrected chi connectivity index (χ1v) is 6.29. The van der Waals surface area contributed by atoms with E-state index in [1.807, 2.05) is 6.92 Å². The molecule has 0 radical (unpaired) electrons. The second-order valence-electron chi connectivity index (χ2n) is 3.83. The van der Waals surface area contributed by atoms with E-state index in [-0.39, 0.29) is 4.90 Å². The molecule has 2 rings (SSSR count). The van der Waals surface area contributed by atoms with Crippen molar-refractivity contribution >= 4 is 10.1 Å². The van der Waals surface area contributed by atoms with Crippen molar-refractivity contribution in [2.45, 2.75) is 30.5 Å². The normalized spacial score (nSPS) is 24.4. The number of hydrogen-bond donors (Lipinski definition) is 1. The third kappa shape index (κ3) is 2.58. The largest absolute Gasteiger partial charge is 0.312 e. The lowest BCUT2D eigenvalue weighted by atomic mass is 10.2. The third-order valence-electron chi connectivity index (χ3n) is 2.33. The van der Waals surface area contributed by atoms with Gasteiger partial charge in [0.15, 0.2) is 0 Å². The van der Waals surface area contributed by atoms with Crippen LogP contribution in [0.25, 0.3) is 0 Å². The van der Waals surface area contributed by atoms with Crippen LogP contribution in [0.1, 0.15) is 12.0 Å². The van der Waals surface area contributed by atoms with E-state index in [2.05, 4.69) is 9.76 Å². The smallest absolute Gasteiger partial charge is 0.246 e. The molecule has 0 amide bonds. The molecule has 88 valence electrons. The Bertz CT molecular complexity index is 471. The van der Waals surface area contributed by atoms with Gasteiger partial charge in [0.25, 0.3) is 0 Å². The SMILES string of the molecule is Cc1ccc(S(=O)(=O)ON[C@@H]2C[C@@H]2F)cc1. The van der Waals surface area contributed by atoms with Crippen molar-refractivity contribution in [2.24, 2.45) is 0 Å². The van der Waals surface area contributed by atoms with Crippen LogP contribution >= 0.6 is 0 Å². The van der Waals surface area contributed by atoms with Crippen molar-refractivity contribution in [1.82, 2.24) is 5.48 Å². The molecule has 1 fully saturated rings. The van der Waals surface area contributed by atoms with Gasteiger partial charge in [-0.2, -0.15) is 18.2 Å². The summed E-state index contributed by atoms with van der Waals surface area (Å²) in [5, 5.41) is 0. The molecule has 0 aromatic heterocycles. The maximum Gasteiger partial charge on any atom is 0.312 e. The Balaban J connectivity index is 2.03. The van der Waals surface area contributed by atoms with Gasteiger partial charge in [0.2, 0.25) is 0 Å². The lowest BCUT2D eigenvalue weighted by molar-refractivity contribution is 0.187. The highest BCUT2D eigenvalue weighted by molar-refractivity contribution is 7.86. The number of nitrogens with one attached hydrogen (secondary N) is 1. The molecule has 2 atom stereocenters. The minimum absolute atomic E-state index is 0.0571. The zero-order valence-corrected chi connectivity index (χ0v) is 9.50. The van der Waals surface area contributed by atoms with Gasteiger partial charge in [0.05, 0.1) is 10.9 Å². The highest BCUT2D eigenvalue weighted by Crippen LogP contribution is 2.25. The molecule has 6 heteroatoms. The van der Waals surface area contributed by atoms with E-state index in [9.17, 15) is 12.8 Å². The molecular formula is C10H12FNO3S. The van der Waals surface area contributed by atoms with Crippen molar-refractivity contribution in [3.05, 3.63) is 29.8 Å². The molecule has 0 unspecified atom stereocenters. The van der Waals surface area contributed by atoms with E-state index in [4.69, 9.17) is 0 Å². The molecule has 0 saturated heterocycles. The Morgan fingerprint density at radius 2 is 1.94 bits per heavy atom. The minimum Gasteiger partial charge on any atom is -0.246 e.